The summed E-state index contributed by atoms with van der Waals surface area (Å²) in [6, 6.07) is 5.89. The van der Waals surface area contributed by atoms with Crippen molar-refractivity contribution < 1.29 is 4.74 Å². The molecule has 4 heteroatoms. The third-order valence-electron chi connectivity index (χ3n) is 3.51. The van der Waals surface area contributed by atoms with Gasteiger partial charge in [-0.25, -0.2) is 0 Å². The van der Waals surface area contributed by atoms with Crippen LogP contribution in [-0.2, 0) is 4.74 Å². The summed E-state index contributed by atoms with van der Waals surface area (Å²) in [5.74, 6) is 0.532. The molecule has 1 aromatic rings. The average molecular weight is 288 g/mol. The van der Waals surface area contributed by atoms with Crippen molar-refractivity contribution in [3.05, 3.63) is 33.8 Å². The largest absolute Gasteiger partial charge is 0.376 e. The maximum Gasteiger partial charge on any atom is 0.0796 e. The van der Waals surface area contributed by atoms with Crippen LogP contribution in [0.25, 0.3) is 0 Å². The summed E-state index contributed by atoms with van der Waals surface area (Å²) in [6.07, 6.45) is 1.27. The number of rotatable bonds is 4. The van der Waals surface area contributed by atoms with E-state index in [0.717, 1.165) is 25.1 Å². The predicted molar refractivity (Wildman–Crippen MR) is 76.4 cm³/mol. The number of halogens is 2. The van der Waals surface area contributed by atoms with E-state index >= 15 is 0 Å². The molecule has 0 radical (unpaired) electrons. The summed E-state index contributed by atoms with van der Waals surface area (Å²) < 4.78 is 5.86. The van der Waals surface area contributed by atoms with Crippen LogP contribution in [-0.4, -0.2) is 19.3 Å². The van der Waals surface area contributed by atoms with E-state index in [9.17, 15) is 0 Å². The molecule has 1 aliphatic rings. The van der Waals surface area contributed by atoms with Gasteiger partial charge in [-0.15, -0.1) is 0 Å². The van der Waals surface area contributed by atoms with Gasteiger partial charge in [-0.05, 0) is 30.5 Å². The minimum Gasteiger partial charge on any atom is -0.376 e. The quantitative estimate of drug-likeness (QED) is 0.901. The number of hydrogen-bond acceptors (Lipinski definition) is 2. The lowest BCUT2D eigenvalue weighted by Crippen LogP contribution is -2.34. The average Bonchev–Trinajstić information content (AvgIpc) is 2.76. The Morgan fingerprint density at radius 1 is 1.44 bits per heavy atom. The van der Waals surface area contributed by atoms with Gasteiger partial charge in [0.05, 0.1) is 22.2 Å². The molecule has 2 rings (SSSR count). The molecule has 1 aliphatic heterocycles. The smallest absolute Gasteiger partial charge is 0.0796 e. The number of likely N-dealkylation sites (N-methyl/N-ethyl adjacent to an activating group) is 1. The van der Waals surface area contributed by atoms with Crippen LogP contribution in [0.3, 0.4) is 0 Å². The normalized spacial score (nSPS) is 25.3. The maximum atomic E-state index is 6.32. The zero-order chi connectivity index (χ0) is 13.1. The number of nitrogens with one attached hydrogen (secondary N) is 1. The Morgan fingerprint density at radius 2 is 2.22 bits per heavy atom. The second kappa shape index (κ2) is 6.25. The van der Waals surface area contributed by atoms with Crippen molar-refractivity contribution in [2.45, 2.75) is 32.4 Å². The standard InChI is InChI=1S/C14H19Cl2NO/c1-3-17-13(14-9(2)7-8-18-14)10-5-4-6-11(15)12(10)16/h4-6,9,13-14,17H,3,7-8H2,1-2H3. The van der Waals surface area contributed by atoms with Gasteiger partial charge in [0.1, 0.15) is 0 Å². The molecule has 0 aliphatic carbocycles. The summed E-state index contributed by atoms with van der Waals surface area (Å²) in [6.45, 7) is 6.01. The van der Waals surface area contributed by atoms with E-state index in [-0.39, 0.29) is 12.1 Å². The fraction of sp³-hybridized carbons (Fsp3) is 0.571. The monoisotopic (exact) mass is 287 g/mol. The first-order valence-electron chi connectivity index (χ1n) is 6.44. The first kappa shape index (κ1) is 14.1. The topological polar surface area (TPSA) is 21.3 Å². The minimum absolute atomic E-state index is 0.110. The van der Waals surface area contributed by atoms with Gasteiger partial charge >= 0.3 is 0 Å². The Bertz CT molecular complexity index is 411. The maximum absolute atomic E-state index is 6.32. The van der Waals surface area contributed by atoms with Crippen LogP contribution in [0, 0.1) is 5.92 Å². The van der Waals surface area contributed by atoms with E-state index in [0.29, 0.717) is 16.0 Å². The Morgan fingerprint density at radius 3 is 2.83 bits per heavy atom. The SMILES string of the molecule is CCNC(c1cccc(Cl)c1Cl)C1OCCC1C. The molecule has 100 valence electrons. The molecule has 0 saturated carbocycles. The van der Waals surface area contributed by atoms with E-state index < -0.39 is 0 Å². The van der Waals surface area contributed by atoms with E-state index in [4.69, 9.17) is 27.9 Å². The molecule has 1 fully saturated rings. The second-order valence-corrected chi connectivity index (χ2v) is 5.56. The lowest BCUT2D eigenvalue weighted by atomic mass is 9.92. The fourth-order valence-corrected chi connectivity index (χ4v) is 2.95. The molecule has 0 aromatic heterocycles. The van der Waals surface area contributed by atoms with Crippen LogP contribution in [0.1, 0.15) is 31.9 Å². The molecular formula is C14H19Cl2NO. The van der Waals surface area contributed by atoms with Crippen molar-refractivity contribution in [1.29, 1.82) is 0 Å². The van der Waals surface area contributed by atoms with Crippen LogP contribution in [0.2, 0.25) is 10.0 Å². The highest BCUT2D eigenvalue weighted by atomic mass is 35.5. The lowest BCUT2D eigenvalue weighted by Gasteiger charge is -2.28. The van der Waals surface area contributed by atoms with Gasteiger partial charge in [-0.2, -0.15) is 0 Å². The summed E-state index contributed by atoms with van der Waals surface area (Å²) in [5.41, 5.74) is 1.03. The highest BCUT2D eigenvalue weighted by molar-refractivity contribution is 6.42. The predicted octanol–water partition coefficient (Wildman–Crippen LogP) is 4.07. The van der Waals surface area contributed by atoms with Crippen molar-refractivity contribution in [1.82, 2.24) is 5.32 Å². The van der Waals surface area contributed by atoms with Crippen LogP contribution in [0.4, 0.5) is 0 Å². The van der Waals surface area contributed by atoms with Crippen molar-refractivity contribution >= 4 is 23.2 Å². The summed E-state index contributed by atoms with van der Waals surface area (Å²) in [5, 5.41) is 4.70. The third kappa shape index (κ3) is 2.83. The summed E-state index contributed by atoms with van der Waals surface area (Å²) >= 11 is 12.4. The molecule has 3 atom stereocenters. The first-order chi connectivity index (χ1) is 8.65. The highest BCUT2D eigenvalue weighted by Crippen LogP contribution is 2.36. The molecule has 3 unspecified atom stereocenters. The Labute approximate surface area is 119 Å². The van der Waals surface area contributed by atoms with Crippen LogP contribution < -0.4 is 5.32 Å². The van der Waals surface area contributed by atoms with Gasteiger partial charge in [-0.3, -0.25) is 0 Å². The van der Waals surface area contributed by atoms with Gasteiger partial charge in [0, 0.05) is 6.61 Å². The van der Waals surface area contributed by atoms with Gasteiger partial charge in [-0.1, -0.05) is 49.2 Å². The molecule has 0 spiro atoms. The fourth-order valence-electron chi connectivity index (χ4n) is 2.53. The second-order valence-electron chi connectivity index (χ2n) is 4.78. The Kier molecular flexibility index (Phi) is 4.91. The zero-order valence-corrected chi connectivity index (χ0v) is 12.3. The first-order valence-corrected chi connectivity index (χ1v) is 7.19. The van der Waals surface area contributed by atoms with Gasteiger partial charge in [0.15, 0.2) is 0 Å². The molecular weight excluding hydrogens is 269 g/mol. The number of hydrogen-bond donors (Lipinski definition) is 1. The molecule has 0 amide bonds. The van der Waals surface area contributed by atoms with Crippen molar-refractivity contribution in [3.8, 4) is 0 Å². The van der Waals surface area contributed by atoms with Crippen molar-refractivity contribution in [2.75, 3.05) is 13.2 Å². The number of ether oxygens (including phenoxy) is 1. The summed E-state index contributed by atoms with van der Waals surface area (Å²) in [7, 11) is 0. The molecule has 2 nitrogen and oxygen atoms in total. The van der Waals surface area contributed by atoms with Crippen molar-refractivity contribution in [2.24, 2.45) is 5.92 Å². The molecule has 18 heavy (non-hydrogen) atoms. The third-order valence-corrected chi connectivity index (χ3v) is 4.35. The Balaban J connectivity index is 2.31. The molecule has 1 aromatic carbocycles. The number of benzene rings is 1. The van der Waals surface area contributed by atoms with E-state index in [1.54, 1.807) is 0 Å². The summed E-state index contributed by atoms with van der Waals surface area (Å²) in [4.78, 5) is 0. The lowest BCUT2D eigenvalue weighted by molar-refractivity contribution is 0.0612. The van der Waals surface area contributed by atoms with E-state index in [1.165, 1.54) is 0 Å². The van der Waals surface area contributed by atoms with E-state index in [1.807, 2.05) is 18.2 Å². The minimum atomic E-state index is 0.110. The van der Waals surface area contributed by atoms with Crippen LogP contribution in [0.5, 0.6) is 0 Å². The molecule has 1 N–H and O–H groups in total. The van der Waals surface area contributed by atoms with Gasteiger partial charge in [0.2, 0.25) is 0 Å². The molecule has 0 bridgehead atoms. The molecule has 1 heterocycles. The van der Waals surface area contributed by atoms with Gasteiger partial charge < -0.3 is 10.1 Å². The van der Waals surface area contributed by atoms with E-state index in [2.05, 4.69) is 19.2 Å². The molecule has 1 saturated heterocycles. The van der Waals surface area contributed by atoms with Crippen molar-refractivity contribution in [3.63, 3.8) is 0 Å². The zero-order valence-electron chi connectivity index (χ0n) is 10.7. The highest BCUT2D eigenvalue weighted by Gasteiger charge is 2.33. The van der Waals surface area contributed by atoms with Gasteiger partial charge in [0.25, 0.3) is 0 Å². The van der Waals surface area contributed by atoms with Crippen LogP contribution in [0.15, 0.2) is 18.2 Å². The Hall–Kier alpha value is -0.280. The van der Waals surface area contributed by atoms with Crippen LogP contribution >= 0.6 is 23.2 Å².